The molecule has 0 aromatic carbocycles. The maximum Gasteiger partial charge on any atom is 0.0897 e. The van der Waals surface area contributed by atoms with Gasteiger partial charge < -0.3 is 24.6 Å². The van der Waals surface area contributed by atoms with Crippen LogP contribution >= 0.6 is 0 Å². The summed E-state index contributed by atoms with van der Waals surface area (Å²) in [5, 5.41) is 13.0. The Morgan fingerprint density at radius 1 is 1.44 bits per heavy atom. The first kappa shape index (κ1) is 15.9. The van der Waals surface area contributed by atoms with E-state index in [-0.39, 0.29) is 6.10 Å². The van der Waals surface area contributed by atoms with Crippen LogP contribution in [0.15, 0.2) is 0 Å². The molecule has 1 aliphatic heterocycles. The minimum absolute atomic E-state index is 0.0244. The lowest BCUT2D eigenvalue weighted by molar-refractivity contribution is -0.0316. The average molecular weight is 261 g/mol. The second-order valence-electron chi connectivity index (χ2n) is 4.99. The molecule has 2 N–H and O–H groups in total. The SMILES string of the molecule is COCC(C)OCC(O)CNCC1CCCOC1. The van der Waals surface area contributed by atoms with E-state index in [0.717, 1.165) is 26.2 Å². The molecule has 1 aliphatic rings. The summed E-state index contributed by atoms with van der Waals surface area (Å²) in [4.78, 5) is 0. The number of nitrogens with one attached hydrogen (secondary N) is 1. The van der Waals surface area contributed by atoms with Crippen molar-refractivity contribution in [3.8, 4) is 0 Å². The zero-order valence-corrected chi connectivity index (χ0v) is 11.6. The van der Waals surface area contributed by atoms with Crippen molar-refractivity contribution in [1.29, 1.82) is 0 Å². The third kappa shape index (κ3) is 7.28. The molecule has 1 saturated heterocycles. The van der Waals surface area contributed by atoms with Gasteiger partial charge in [-0.1, -0.05) is 0 Å². The Morgan fingerprint density at radius 2 is 2.28 bits per heavy atom. The second kappa shape index (κ2) is 9.69. The van der Waals surface area contributed by atoms with E-state index < -0.39 is 6.10 Å². The second-order valence-corrected chi connectivity index (χ2v) is 4.99. The van der Waals surface area contributed by atoms with Gasteiger partial charge in [0.2, 0.25) is 0 Å². The lowest BCUT2D eigenvalue weighted by atomic mass is 10.0. The molecule has 3 atom stereocenters. The van der Waals surface area contributed by atoms with Crippen molar-refractivity contribution < 1.29 is 19.3 Å². The molecule has 0 aliphatic carbocycles. The molecule has 3 unspecified atom stereocenters. The van der Waals surface area contributed by atoms with Crippen molar-refractivity contribution >= 4 is 0 Å². The standard InChI is InChI=1S/C13H27NO4/c1-11(8-16-2)18-10-13(15)7-14-6-12-4-3-5-17-9-12/h11-15H,3-10H2,1-2H3. The van der Waals surface area contributed by atoms with Crippen LogP contribution in [-0.4, -0.2) is 63.9 Å². The summed E-state index contributed by atoms with van der Waals surface area (Å²) in [6.07, 6.45) is 1.92. The fourth-order valence-corrected chi connectivity index (χ4v) is 2.04. The van der Waals surface area contributed by atoms with Gasteiger partial charge in [0.1, 0.15) is 0 Å². The van der Waals surface area contributed by atoms with E-state index in [1.165, 1.54) is 6.42 Å². The first-order valence-electron chi connectivity index (χ1n) is 6.79. The number of aliphatic hydroxyl groups is 1. The minimum Gasteiger partial charge on any atom is -0.389 e. The Balaban J connectivity index is 1.97. The average Bonchev–Trinajstić information content (AvgIpc) is 2.38. The first-order valence-corrected chi connectivity index (χ1v) is 6.79. The summed E-state index contributed by atoms with van der Waals surface area (Å²) >= 11 is 0. The normalized spacial score (nSPS) is 23.8. The highest BCUT2D eigenvalue weighted by molar-refractivity contribution is 4.67. The van der Waals surface area contributed by atoms with Gasteiger partial charge in [0.25, 0.3) is 0 Å². The monoisotopic (exact) mass is 261 g/mol. The molecule has 1 heterocycles. The molecule has 0 aromatic rings. The van der Waals surface area contributed by atoms with E-state index >= 15 is 0 Å². The lowest BCUT2D eigenvalue weighted by Crippen LogP contribution is -2.36. The summed E-state index contributed by atoms with van der Waals surface area (Å²) in [6.45, 7) is 6.04. The highest BCUT2D eigenvalue weighted by atomic mass is 16.5. The van der Waals surface area contributed by atoms with Crippen molar-refractivity contribution in [3.05, 3.63) is 0 Å². The van der Waals surface area contributed by atoms with Gasteiger partial charge >= 0.3 is 0 Å². The number of hydrogen-bond donors (Lipinski definition) is 2. The molecular weight excluding hydrogens is 234 g/mol. The molecule has 0 saturated carbocycles. The van der Waals surface area contributed by atoms with Gasteiger partial charge in [-0.15, -0.1) is 0 Å². The van der Waals surface area contributed by atoms with Crippen molar-refractivity contribution in [1.82, 2.24) is 5.32 Å². The van der Waals surface area contributed by atoms with Crippen LogP contribution in [0, 0.1) is 5.92 Å². The van der Waals surface area contributed by atoms with E-state index in [9.17, 15) is 5.11 Å². The van der Waals surface area contributed by atoms with Crippen molar-refractivity contribution in [3.63, 3.8) is 0 Å². The molecule has 5 nitrogen and oxygen atoms in total. The number of aliphatic hydroxyl groups excluding tert-OH is 1. The summed E-state index contributed by atoms with van der Waals surface area (Å²) in [5.41, 5.74) is 0. The van der Waals surface area contributed by atoms with E-state index in [0.29, 0.717) is 25.7 Å². The van der Waals surface area contributed by atoms with E-state index in [1.54, 1.807) is 7.11 Å². The van der Waals surface area contributed by atoms with Crippen LogP contribution in [0.2, 0.25) is 0 Å². The Hall–Kier alpha value is -0.200. The van der Waals surface area contributed by atoms with Gasteiger partial charge in [-0.3, -0.25) is 0 Å². The molecule has 0 radical (unpaired) electrons. The van der Waals surface area contributed by atoms with Crippen molar-refractivity contribution in [2.24, 2.45) is 5.92 Å². The molecule has 0 spiro atoms. The fraction of sp³-hybridized carbons (Fsp3) is 1.00. The Bertz CT molecular complexity index is 197. The zero-order valence-electron chi connectivity index (χ0n) is 11.6. The van der Waals surface area contributed by atoms with Crippen LogP contribution < -0.4 is 5.32 Å². The van der Waals surface area contributed by atoms with E-state index in [2.05, 4.69) is 5.32 Å². The summed E-state index contributed by atoms with van der Waals surface area (Å²) in [6, 6.07) is 0. The molecule has 0 aromatic heterocycles. The molecule has 1 rings (SSSR count). The van der Waals surface area contributed by atoms with Gasteiger partial charge in [-0.25, -0.2) is 0 Å². The van der Waals surface area contributed by atoms with Crippen LogP contribution in [0.25, 0.3) is 0 Å². The van der Waals surface area contributed by atoms with Crippen LogP contribution in [0.1, 0.15) is 19.8 Å². The third-order valence-electron chi connectivity index (χ3n) is 3.04. The largest absolute Gasteiger partial charge is 0.389 e. The van der Waals surface area contributed by atoms with Crippen molar-refractivity contribution in [2.45, 2.75) is 32.0 Å². The molecule has 5 heteroatoms. The zero-order chi connectivity index (χ0) is 13.2. The summed E-state index contributed by atoms with van der Waals surface area (Å²) < 4.78 is 15.8. The molecular formula is C13H27NO4. The summed E-state index contributed by atoms with van der Waals surface area (Å²) in [7, 11) is 1.64. The highest BCUT2D eigenvalue weighted by Crippen LogP contribution is 2.11. The fourth-order valence-electron chi connectivity index (χ4n) is 2.04. The number of methoxy groups -OCH3 is 1. The Kier molecular flexibility index (Phi) is 8.54. The number of hydrogen-bond acceptors (Lipinski definition) is 5. The predicted octanol–water partition coefficient (Wildman–Crippen LogP) is 0.415. The lowest BCUT2D eigenvalue weighted by Gasteiger charge is -2.23. The van der Waals surface area contributed by atoms with Gasteiger partial charge in [0.15, 0.2) is 0 Å². The van der Waals surface area contributed by atoms with Crippen molar-refractivity contribution in [2.75, 3.05) is 46.6 Å². The van der Waals surface area contributed by atoms with Crippen LogP contribution in [0.3, 0.4) is 0 Å². The third-order valence-corrected chi connectivity index (χ3v) is 3.04. The Labute approximate surface area is 110 Å². The van der Waals surface area contributed by atoms with Gasteiger partial charge in [0, 0.05) is 26.8 Å². The van der Waals surface area contributed by atoms with Crippen LogP contribution in [0.5, 0.6) is 0 Å². The topological polar surface area (TPSA) is 60.0 Å². The number of rotatable bonds is 9. The van der Waals surface area contributed by atoms with Gasteiger partial charge in [-0.2, -0.15) is 0 Å². The quantitative estimate of drug-likeness (QED) is 0.630. The minimum atomic E-state index is -0.464. The smallest absolute Gasteiger partial charge is 0.0897 e. The van der Waals surface area contributed by atoms with E-state index in [1.807, 2.05) is 6.92 Å². The summed E-state index contributed by atoms with van der Waals surface area (Å²) in [5.74, 6) is 0.583. The van der Waals surface area contributed by atoms with Crippen LogP contribution in [0.4, 0.5) is 0 Å². The highest BCUT2D eigenvalue weighted by Gasteiger charge is 2.14. The number of ether oxygens (including phenoxy) is 3. The van der Waals surface area contributed by atoms with Crippen LogP contribution in [-0.2, 0) is 14.2 Å². The molecule has 108 valence electrons. The van der Waals surface area contributed by atoms with Gasteiger partial charge in [0.05, 0.1) is 32.0 Å². The maximum absolute atomic E-state index is 9.74. The molecule has 1 fully saturated rings. The molecule has 0 bridgehead atoms. The molecule has 0 amide bonds. The van der Waals surface area contributed by atoms with E-state index in [4.69, 9.17) is 14.2 Å². The first-order chi connectivity index (χ1) is 8.72. The Morgan fingerprint density at radius 3 is 2.94 bits per heavy atom. The predicted molar refractivity (Wildman–Crippen MR) is 69.7 cm³/mol. The molecule has 18 heavy (non-hydrogen) atoms. The van der Waals surface area contributed by atoms with Gasteiger partial charge in [-0.05, 0) is 25.7 Å². The maximum atomic E-state index is 9.74.